The van der Waals surface area contributed by atoms with Crippen LogP contribution in [0.1, 0.15) is 15.4 Å². The fraction of sp³-hybridized carbons (Fsp3) is 0.0500. The van der Waals surface area contributed by atoms with Crippen molar-refractivity contribution in [3.05, 3.63) is 83.2 Å². The van der Waals surface area contributed by atoms with Crippen molar-refractivity contribution in [2.75, 3.05) is 0 Å². The van der Waals surface area contributed by atoms with Gasteiger partial charge >= 0.3 is 0 Å². The lowest BCUT2D eigenvalue weighted by atomic mass is 10.1. The molecule has 0 fully saturated rings. The Morgan fingerprint density at radius 3 is 2.63 bits per heavy atom. The number of aromatic amines is 1. The van der Waals surface area contributed by atoms with Crippen molar-refractivity contribution in [3.8, 4) is 21.8 Å². The van der Waals surface area contributed by atoms with E-state index in [1.165, 1.54) is 23.5 Å². The average molecular weight is 378 g/mol. The Bertz CT molecular complexity index is 1060. The molecule has 2 aromatic carbocycles. The van der Waals surface area contributed by atoms with E-state index in [0.717, 1.165) is 21.0 Å². The Morgan fingerprint density at radius 2 is 1.85 bits per heavy atom. The number of rotatable bonds is 5. The summed E-state index contributed by atoms with van der Waals surface area (Å²) in [6.07, 6.45) is 1.77. The number of nitrogens with zero attached hydrogens (tertiary/aromatic N) is 2. The van der Waals surface area contributed by atoms with E-state index in [2.05, 4.69) is 20.5 Å². The van der Waals surface area contributed by atoms with Crippen molar-refractivity contribution in [1.29, 1.82) is 0 Å². The number of hydrogen-bond acceptors (Lipinski definition) is 4. The Hall–Kier alpha value is -3.32. The van der Waals surface area contributed by atoms with Gasteiger partial charge in [0.15, 0.2) is 0 Å². The summed E-state index contributed by atoms with van der Waals surface area (Å²) in [4.78, 5) is 17.7. The predicted molar refractivity (Wildman–Crippen MR) is 103 cm³/mol. The largest absolute Gasteiger partial charge is 0.346 e. The van der Waals surface area contributed by atoms with Gasteiger partial charge in [0, 0.05) is 22.2 Å². The Kier molecular flexibility index (Phi) is 4.76. The van der Waals surface area contributed by atoms with Crippen LogP contribution in [0.15, 0.2) is 66.9 Å². The van der Waals surface area contributed by atoms with Crippen molar-refractivity contribution in [3.63, 3.8) is 0 Å². The molecule has 1 amide bonds. The number of thiazole rings is 1. The van der Waals surface area contributed by atoms with Crippen LogP contribution in [0.3, 0.4) is 0 Å². The van der Waals surface area contributed by atoms with Gasteiger partial charge in [-0.25, -0.2) is 9.37 Å². The van der Waals surface area contributed by atoms with Gasteiger partial charge in [0.2, 0.25) is 0 Å². The number of nitrogens with one attached hydrogen (secondary N) is 2. The number of amides is 1. The lowest BCUT2D eigenvalue weighted by molar-refractivity contribution is 0.0946. The standard InChI is InChI=1S/C20H15FN4OS/c21-15-8-6-13(7-9-15)17-10-18(25-24-17)19(26)22-11-16-12-23-20(27-16)14-4-2-1-3-5-14/h1-10,12H,11H2,(H,22,26)(H,24,25). The van der Waals surface area contributed by atoms with Crippen LogP contribution >= 0.6 is 11.3 Å². The highest BCUT2D eigenvalue weighted by Gasteiger charge is 2.12. The van der Waals surface area contributed by atoms with E-state index < -0.39 is 0 Å². The second-order valence-electron chi connectivity index (χ2n) is 5.85. The molecule has 0 spiro atoms. The third-order valence-corrected chi connectivity index (χ3v) is 5.01. The Labute approximate surface area is 158 Å². The topological polar surface area (TPSA) is 70.7 Å². The van der Waals surface area contributed by atoms with E-state index in [0.29, 0.717) is 17.9 Å². The first kappa shape index (κ1) is 17.1. The van der Waals surface area contributed by atoms with Gasteiger partial charge in [0.05, 0.1) is 12.2 Å². The summed E-state index contributed by atoms with van der Waals surface area (Å²) >= 11 is 1.54. The lowest BCUT2D eigenvalue weighted by Gasteiger charge is -2.00. The summed E-state index contributed by atoms with van der Waals surface area (Å²) < 4.78 is 13.0. The van der Waals surface area contributed by atoms with Crippen LogP contribution in [0.25, 0.3) is 21.8 Å². The number of benzene rings is 2. The molecule has 7 heteroatoms. The molecule has 134 valence electrons. The molecule has 0 aliphatic carbocycles. The smallest absolute Gasteiger partial charge is 0.269 e. The summed E-state index contributed by atoms with van der Waals surface area (Å²) in [6.45, 7) is 0.383. The van der Waals surface area contributed by atoms with Crippen molar-refractivity contribution in [2.24, 2.45) is 0 Å². The van der Waals surface area contributed by atoms with Crippen molar-refractivity contribution in [2.45, 2.75) is 6.54 Å². The summed E-state index contributed by atoms with van der Waals surface area (Å²) in [5, 5.41) is 10.6. The van der Waals surface area contributed by atoms with Crippen molar-refractivity contribution < 1.29 is 9.18 Å². The van der Waals surface area contributed by atoms with E-state index in [1.807, 2.05) is 30.3 Å². The lowest BCUT2D eigenvalue weighted by Crippen LogP contribution is -2.22. The van der Waals surface area contributed by atoms with Gasteiger partial charge in [-0.05, 0) is 30.3 Å². The van der Waals surface area contributed by atoms with Gasteiger partial charge in [-0.1, -0.05) is 30.3 Å². The number of aromatic nitrogens is 3. The zero-order valence-corrected chi connectivity index (χ0v) is 15.0. The normalized spacial score (nSPS) is 10.7. The molecule has 0 bridgehead atoms. The first-order valence-corrected chi connectivity index (χ1v) is 9.10. The second kappa shape index (κ2) is 7.51. The van der Waals surface area contributed by atoms with Gasteiger partial charge < -0.3 is 5.32 Å². The van der Waals surface area contributed by atoms with Crippen LogP contribution in [-0.4, -0.2) is 21.1 Å². The molecule has 27 heavy (non-hydrogen) atoms. The number of hydrogen-bond donors (Lipinski definition) is 2. The first-order valence-electron chi connectivity index (χ1n) is 8.29. The molecular weight excluding hydrogens is 363 g/mol. The van der Waals surface area contributed by atoms with E-state index in [-0.39, 0.29) is 11.7 Å². The molecule has 0 aliphatic rings. The van der Waals surface area contributed by atoms with Gasteiger partial charge in [0.25, 0.3) is 5.91 Å². The summed E-state index contributed by atoms with van der Waals surface area (Å²) in [7, 11) is 0. The molecule has 2 N–H and O–H groups in total. The zero-order chi connectivity index (χ0) is 18.6. The van der Waals surface area contributed by atoms with Crippen LogP contribution in [0, 0.1) is 5.82 Å². The summed E-state index contributed by atoms with van der Waals surface area (Å²) in [5.74, 6) is -0.572. The number of H-pyrrole nitrogens is 1. The maximum atomic E-state index is 13.0. The molecular formula is C20H15FN4OS. The second-order valence-corrected chi connectivity index (χ2v) is 6.97. The number of carbonyl (C=O) groups is 1. The highest BCUT2D eigenvalue weighted by Crippen LogP contribution is 2.24. The number of carbonyl (C=O) groups excluding carboxylic acids is 1. The molecule has 0 atom stereocenters. The quantitative estimate of drug-likeness (QED) is 0.545. The van der Waals surface area contributed by atoms with Crippen LogP contribution < -0.4 is 5.32 Å². The Morgan fingerprint density at radius 1 is 1.07 bits per heavy atom. The monoisotopic (exact) mass is 378 g/mol. The van der Waals surface area contributed by atoms with E-state index in [4.69, 9.17) is 0 Å². The molecule has 2 heterocycles. The molecule has 2 aromatic heterocycles. The predicted octanol–water partition coefficient (Wildman–Crippen LogP) is 4.27. The third kappa shape index (κ3) is 3.93. The van der Waals surface area contributed by atoms with E-state index >= 15 is 0 Å². The zero-order valence-electron chi connectivity index (χ0n) is 14.1. The SMILES string of the molecule is O=C(NCc1cnc(-c2ccccc2)s1)c1cc(-c2ccc(F)cc2)n[nH]1. The fourth-order valence-corrected chi connectivity index (χ4v) is 3.43. The molecule has 5 nitrogen and oxygen atoms in total. The van der Waals surface area contributed by atoms with Crippen molar-refractivity contribution >= 4 is 17.2 Å². The van der Waals surface area contributed by atoms with E-state index in [9.17, 15) is 9.18 Å². The van der Waals surface area contributed by atoms with Crippen LogP contribution in [0.4, 0.5) is 4.39 Å². The van der Waals surface area contributed by atoms with Gasteiger partial charge in [-0.2, -0.15) is 5.10 Å². The maximum absolute atomic E-state index is 13.0. The minimum Gasteiger partial charge on any atom is -0.346 e. The molecule has 0 saturated heterocycles. The average Bonchev–Trinajstić information content (AvgIpc) is 3.37. The molecule has 4 aromatic rings. The highest BCUT2D eigenvalue weighted by molar-refractivity contribution is 7.15. The molecule has 0 saturated carbocycles. The van der Waals surface area contributed by atoms with Gasteiger partial charge in [-0.3, -0.25) is 9.89 Å². The van der Waals surface area contributed by atoms with Gasteiger partial charge in [-0.15, -0.1) is 11.3 Å². The fourth-order valence-electron chi connectivity index (χ4n) is 2.57. The summed E-state index contributed by atoms with van der Waals surface area (Å²) in [6, 6.07) is 17.5. The molecule has 0 unspecified atom stereocenters. The van der Waals surface area contributed by atoms with Crippen LogP contribution in [0.2, 0.25) is 0 Å². The third-order valence-electron chi connectivity index (χ3n) is 3.96. The van der Waals surface area contributed by atoms with Crippen molar-refractivity contribution in [1.82, 2.24) is 20.5 Å². The maximum Gasteiger partial charge on any atom is 0.269 e. The van der Waals surface area contributed by atoms with Crippen LogP contribution in [0.5, 0.6) is 0 Å². The van der Waals surface area contributed by atoms with Crippen LogP contribution in [-0.2, 0) is 6.54 Å². The minimum atomic E-state index is -0.313. The first-order chi connectivity index (χ1) is 13.2. The van der Waals surface area contributed by atoms with Gasteiger partial charge in [0.1, 0.15) is 16.5 Å². The molecule has 0 aliphatic heterocycles. The minimum absolute atomic E-state index is 0.259. The highest BCUT2D eigenvalue weighted by atomic mass is 32.1. The Balaban J connectivity index is 1.40. The van der Waals surface area contributed by atoms with E-state index in [1.54, 1.807) is 24.4 Å². The molecule has 4 rings (SSSR count). The summed E-state index contributed by atoms with van der Waals surface area (Å²) in [5.41, 5.74) is 2.73. The number of halogens is 1. The molecule has 0 radical (unpaired) electrons.